The number of aliphatic hydroxyl groups excluding tert-OH is 1. The summed E-state index contributed by atoms with van der Waals surface area (Å²) < 4.78 is 18.4. The van der Waals surface area contributed by atoms with E-state index in [9.17, 15) is 14.7 Å². The minimum atomic E-state index is -0.315. The molecular formula is C39H64N2O6. The summed E-state index contributed by atoms with van der Waals surface area (Å²) in [7, 11) is 1.76. The van der Waals surface area contributed by atoms with Gasteiger partial charge >= 0.3 is 12.2 Å². The van der Waals surface area contributed by atoms with Crippen molar-refractivity contribution in [3.63, 3.8) is 0 Å². The number of hydrogen-bond acceptors (Lipinski definition) is 6. The zero-order valence-electron chi connectivity index (χ0n) is 30.7. The fraction of sp³-hybridized carbons (Fsp3) is 0.949. The molecule has 0 bridgehead atoms. The van der Waals surface area contributed by atoms with Crippen molar-refractivity contribution in [3.8, 4) is 0 Å². The first kappa shape index (κ1) is 33.9. The third kappa shape index (κ3) is 4.71. The zero-order valence-corrected chi connectivity index (χ0v) is 30.7. The molecule has 0 radical (unpaired) electrons. The average molecular weight is 657 g/mol. The van der Waals surface area contributed by atoms with Crippen LogP contribution in [0, 0.1) is 56.7 Å². The van der Waals surface area contributed by atoms with Crippen LogP contribution >= 0.6 is 0 Å². The normalized spacial score (nSPS) is 44.9. The van der Waals surface area contributed by atoms with E-state index in [1.807, 2.05) is 4.90 Å². The molecule has 3 unspecified atom stereocenters. The van der Waals surface area contributed by atoms with E-state index in [-0.39, 0.29) is 58.8 Å². The summed E-state index contributed by atoms with van der Waals surface area (Å²) in [5.41, 5.74) is 0.488. The smallest absolute Gasteiger partial charge is 0.410 e. The molecular weight excluding hydrogens is 592 g/mol. The number of nitrogens with zero attached hydrogens (tertiary/aromatic N) is 2. The summed E-state index contributed by atoms with van der Waals surface area (Å²) in [5.74, 6) is 1.95. The van der Waals surface area contributed by atoms with Crippen molar-refractivity contribution in [2.24, 2.45) is 56.7 Å². The summed E-state index contributed by atoms with van der Waals surface area (Å²) in [6, 6.07) is 0. The molecule has 8 nitrogen and oxygen atoms in total. The van der Waals surface area contributed by atoms with Gasteiger partial charge in [-0.25, -0.2) is 9.59 Å². The number of aliphatic hydroxyl groups is 1. The predicted molar refractivity (Wildman–Crippen MR) is 181 cm³/mol. The summed E-state index contributed by atoms with van der Waals surface area (Å²) in [4.78, 5) is 29.3. The van der Waals surface area contributed by atoms with Crippen molar-refractivity contribution < 1.29 is 28.9 Å². The number of likely N-dealkylation sites (tertiary alicyclic amines) is 2. The topological polar surface area (TPSA) is 88.5 Å². The van der Waals surface area contributed by atoms with Crippen molar-refractivity contribution in [3.05, 3.63) is 0 Å². The molecule has 5 saturated carbocycles. The van der Waals surface area contributed by atoms with Gasteiger partial charge in [-0.1, -0.05) is 48.5 Å². The molecule has 8 heteroatoms. The molecule has 2 amide bonds. The van der Waals surface area contributed by atoms with Crippen LogP contribution in [0.3, 0.4) is 0 Å². The Morgan fingerprint density at radius 1 is 0.851 bits per heavy atom. The molecule has 1 N–H and O–H groups in total. The van der Waals surface area contributed by atoms with Crippen LogP contribution in [-0.4, -0.2) is 84.8 Å². The highest BCUT2D eigenvalue weighted by Crippen LogP contribution is 2.89. The van der Waals surface area contributed by atoms with Crippen LogP contribution in [0.2, 0.25) is 0 Å². The van der Waals surface area contributed by atoms with Gasteiger partial charge in [-0.05, 0) is 116 Å². The molecule has 2 spiro atoms. The van der Waals surface area contributed by atoms with Gasteiger partial charge in [0.2, 0.25) is 0 Å². The minimum Gasteiger partial charge on any atom is -0.446 e. The number of methoxy groups -OCH3 is 1. The van der Waals surface area contributed by atoms with Crippen molar-refractivity contribution in [2.75, 3.05) is 33.3 Å². The van der Waals surface area contributed by atoms with Gasteiger partial charge in [0.15, 0.2) is 0 Å². The maximum Gasteiger partial charge on any atom is 0.410 e. The first-order valence-corrected chi connectivity index (χ1v) is 19.3. The van der Waals surface area contributed by atoms with E-state index in [2.05, 4.69) is 48.5 Å². The highest BCUT2D eigenvalue weighted by Gasteiger charge is 2.83. The SMILES string of the molecule is COC(C[C@@H](C)[C@H]1C[C@H](O)[C@@]2(C)C3CC[C@H]4C(C)(C)[C@@H](OC(=O)N5CCC5)CC[C@@]45CC35CC[C@]12C)[C@H](OC(=O)N1CCC1)C(C)C. The molecule has 7 rings (SSSR count). The summed E-state index contributed by atoms with van der Waals surface area (Å²) in [6.45, 7) is 19.6. The standard InChI is InChI=1S/C39H64N2O6/c1-24(2)32(47-34(44)41-19-10-20-41)27(45-8)21-25(3)26-22-30(42)37(7)29-12-11-28-35(4,5)31(46-33(43)40-17-9-18-40)13-14-38(28)23-39(29,38)16-15-36(26,37)6/h24-32,42H,9-23H2,1-8H3/t25-,26-,27?,28+,29?,30+,31+,32-,36-,37-,38-,39?/m1/s1. The molecule has 7 aliphatic rings. The lowest BCUT2D eigenvalue weighted by Crippen LogP contribution is -2.60. The van der Waals surface area contributed by atoms with Gasteiger partial charge in [-0.15, -0.1) is 0 Å². The Bertz CT molecular complexity index is 1230. The van der Waals surface area contributed by atoms with E-state index in [0.717, 1.165) is 77.5 Å². The Kier molecular flexibility index (Phi) is 8.30. The van der Waals surface area contributed by atoms with Gasteiger partial charge in [-0.3, -0.25) is 0 Å². The quantitative estimate of drug-likeness (QED) is 0.291. The van der Waals surface area contributed by atoms with E-state index in [1.54, 1.807) is 12.0 Å². The second-order valence-electron chi connectivity index (χ2n) is 18.7. The number of hydrogen-bond donors (Lipinski definition) is 1. The third-order valence-corrected chi connectivity index (χ3v) is 16.5. The monoisotopic (exact) mass is 656 g/mol. The highest BCUT2D eigenvalue weighted by atomic mass is 16.6. The molecule has 47 heavy (non-hydrogen) atoms. The summed E-state index contributed by atoms with van der Waals surface area (Å²) in [6.07, 6.45) is 10.8. The Labute approximate surface area is 284 Å². The third-order valence-electron chi connectivity index (χ3n) is 16.5. The van der Waals surface area contributed by atoms with E-state index < -0.39 is 0 Å². The molecule has 0 aromatic heterocycles. The van der Waals surface area contributed by atoms with Crippen molar-refractivity contribution in [2.45, 2.75) is 144 Å². The predicted octanol–water partition coefficient (Wildman–Crippen LogP) is 7.52. The molecule has 0 aromatic carbocycles. The molecule has 0 aromatic rings. The summed E-state index contributed by atoms with van der Waals surface area (Å²) in [5, 5.41) is 12.2. The van der Waals surface area contributed by atoms with E-state index in [4.69, 9.17) is 14.2 Å². The van der Waals surface area contributed by atoms with Gasteiger partial charge in [0, 0.05) is 44.1 Å². The Morgan fingerprint density at radius 3 is 2.06 bits per heavy atom. The number of ether oxygens (including phenoxy) is 3. The van der Waals surface area contributed by atoms with E-state index in [1.165, 1.54) is 19.3 Å². The number of fused-ring (bicyclic) bond motifs is 2. The molecule has 12 atom stereocenters. The van der Waals surface area contributed by atoms with Crippen molar-refractivity contribution in [1.29, 1.82) is 0 Å². The Morgan fingerprint density at radius 2 is 1.47 bits per heavy atom. The van der Waals surface area contributed by atoms with E-state index in [0.29, 0.717) is 34.5 Å². The van der Waals surface area contributed by atoms with Crippen LogP contribution < -0.4 is 0 Å². The van der Waals surface area contributed by atoms with Gasteiger partial charge < -0.3 is 29.1 Å². The van der Waals surface area contributed by atoms with Crippen LogP contribution in [0.5, 0.6) is 0 Å². The Hall–Kier alpha value is -1.54. The minimum absolute atomic E-state index is 0.0132. The fourth-order valence-corrected chi connectivity index (χ4v) is 13.4. The van der Waals surface area contributed by atoms with Crippen LogP contribution in [0.25, 0.3) is 0 Å². The first-order chi connectivity index (χ1) is 22.2. The van der Waals surface area contributed by atoms with Gasteiger partial charge in [0.25, 0.3) is 0 Å². The maximum absolute atomic E-state index is 12.9. The molecule has 5 aliphatic carbocycles. The number of rotatable bonds is 8. The molecule has 7 fully saturated rings. The zero-order chi connectivity index (χ0) is 33.7. The maximum atomic E-state index is 12.9. The summed E-state index contributed by atoms with van der Waals surface area (Å²) >= 11 is 0. The van der Waals surface area contributed by atoms with Crippen LogP contribution in [0.15, 0.2) is 0 Å². The molecule has 2 aliphatic heterocycles. The Balaban J connectivity index is 1.08. The second-order valence-corrected chi connectivity index (χ2v) is 18.7. The lowest BCUT2D eigenvalue weighted by molar-refractivity contribution is -0.183. The lowest BCUT2D eigenvalue weighted by Gasteiger charge is -2.64. The van der Waals surface area contributed by atoms with Crippen molar-refractivity contribution >= 4 is 12.2 Å². The van der Waals surface area contributed by atoms with Gasteiger partial charge in [-0.2, -0.15) is 0 Å². The van der Waals surface area contributed by atoms with Crippen LogP contribution in [0.4, 0.5) is 9.59 Å². The lowest BCUT2D eigenvalue weighted by atomic mass is 9.41. The fourth-order valence-electron chi connectivity index (χ4n) is 13.4. The van der Waals surface area contributed by atoms with E-state index >= 15 is 0 Å². The largest absolute Gasteiger partial charge is 0.446 e. The number of carbonyl (C=O) groups excluding carboxylic acids is 2. The average Bonchev–Trinajstić information content (AvgIpc) is 3.57. The van der Waals surface area contributed by atoms with Crippen LogP contribution in [0.1, 0.15) is 119 Å². The first-order valence-electron chi connectivity index (χ1n) is 19.3. The molecule has 2 heterocycles. The molecule has 266 valence electrons. The van der Waals surface area contributed by atoms with Crippen molar-refractivity contribution in [1.82, 2.24) is 9.80 Å². The number of amides is 2. The number of carbonyl (C=O) groups is 2. The highest BCUT2D eigenvalue weighted by molar-refractivity contribution is 5.69. The van der Waals surface area contributed by atoms with Crippen LogP contribution in [-0.2, 0) is 14.2 Å². The van der Waals surface area contributed by atoms with Gasteiger partial charge in [0.1, 0.15) is 12.2 Å². The van der Waals surface area contributed by atoms with Gasteiger partial charge in [0.05, 0.1) is 12.2 Å². The molecule has 2 saturated heterocycles. The second kappa shape index (κ2) is 11.5.